The molecule has 1 rings (SSSR count). The Bertz CT molecular complexity index is 309. The fourth-order valence-electron chi connectivity index (χ4n) is 1.80. The van der Waals surface area contributed by atoms with Crippen molar-refractivity contribution in [1.29, 1.82) is 0 Å². The highest BCUT2D eigenvalue weighted by molar-refractivity contribution is 5.25. The van der Waals surface area contributed by atoms with Crippen molar-refractivity contribution in [3.05, 3.63) is 35.4 Å². The zero-order chi connectivity index (χ0) is 12.0. The molecule has 0 saturated heterocycles. The van der Waals surface area contributed by atoms with Crippen molar-refractivity contribution in [2.45, 2.75) is 39.8 Å². The predicted octanol–water partition coefficient (Wildman–Crippen LogP) is 2.59. The minimum Gasteiger partial charge on any atom is -0.396 e. The van der Waals surface area contributed by atoms with Gasteiger partial charge in [-0.05, 0) is 38.3 Å². The third kappa shape index (κ3) is 3.95. The van der Waals surface area contributed by atoms with Crippen LogP contribution in [-0.2, 0) is 6.54 Å². The summed E-state index contributed by atoms with van der Waals surface area (Å²) in [7, 11) is 0. The van der Waals surface area contributed by atoms with Crippen molar-refractivity contribution in [3.63, 3.8) is 0 Å². The van der Waals surface area contributed by atoms with Crippen LogP contribution in [0.1, 0.15) is 31.4 Å². The van der Waals surface area contributed by atoms with Gasteiger partial charge in [0, 0.05) is 25.7 Å². The Balaban J connectivity index is 2.64. The van der Waals surface area contributed by atoms with E-state index in [0.29, 0.717) is 6.04 Å². The monoisotopic (exact) mass is 221 g/mol. The maximum absolute atomic E-state index is 8.89. The average molecular weight is 221 g/mol. The molecule has 2 heteroatoms. The molecule has 0 bridgehead atoms. The summed E-state index contributed by atoms with van der Waals surface area (Å²) in [5, 5.41) is 8.89. The van der Waals surface area contributed by atoms with E-state index in [4.69, 9.17) is 5.11 Å². The van der Waals surface area contributed by atoms with Crippen LogP contribution in [0.3, 0.4) is 0 Å². The minimum absolute atomic E-state index is 0.275. The number of nitrogens with zero attached hydrogens (tertiary/aromatic N) is 1. The van der Waals surface area contributed by atoms with Gasteiger partial charge in [0.15, 0.2) is 0 Å². The molecule has 90 valence electrons. The van der Waals surface area contributed by atoms with Crippen molar-refractivity contribution >= 4 is 0 Å². The molecule has 0 aromatic heterocycles. The second-order valence-corrected chi connectivity index (χ2v) is 4.57. The number of benzene rings is 1. The minimum atomic E-state index is 0.275. The summed E-state index contributed by atoms with van der Waals surface area (Å²) < 4.78 is 0. The summed E-state index contributed by atoms with van der Waals surface area (Å²) in [6, 6.07) is 9.02. The maximum atomic E-state index is 8.89. The number of hydrogen-bond donors (Lipinski definition) is 1. The highest BCUT2D eigenvalue weighted by atomic mass is 16.3. The zero-order valence-corrected chi connectivity index (χ0v) is 10.6. The molecule has 16 heavy (non-hydrogen) atoms. The van der Waals surface area contributed by atoms with Crippen molar-refractivity contribution in [2.75, 3.05) is 13.2 Å². The van der Waals surface area contributed by atoms with E-state index >= 15 is 0 Å². The third-order valence-corrected chi connectivity index (χ3v) is 2.97. The van der Waals surface area contributed by atoms with E-state index in [1.807, 2.05) is 0 Å². The molecule has 0 atom stereocenters. The Labute approximate surface area is 98.9 Å². The van der Waals surface area contributed by atoms with Gasteiger partial charge in [-0.3, -0.25) is 4.90 Å². The lowest BCUT2D eigenvalue weighted by Gasteiger charge is -2.26. The van der Waals surface area contributed by atoms with Gasteiger partial charge >= 0.3 is 0 Å². The van der Waals surface area contributed by atoms with Gasteiger partial charge in [-0.25, -0.2) is 0 Å². The van der Waals surface area contributed by atoms with Crippen LogP contribution in [0, 0.1) is 6.92 Å². The highest BCUT2D eigenvalue weighted by Crippen LogP contribution is 2.12. The summed E-state index contributed by atoms with van der Waals surface area (Å²) >= 11 is 0. The fourth-order valence-corrected chi connectivity index (χ4v) is 1.80. The van der Waals surface area contributed by atoms with Crippen LogP contribution in [0.25, 0.3) is 0 Å². The second-order valence-electron chi connectivity index (χ2n) is 4.57. The molecular weight excluding hydrogens is 198 g/mol. The molecule has 1 N–H and O–H groups in total. The second kappa shape index (κ2) is 6.66. The normalized spacial score (nSPS) is 11.4. The van der Waals surface area contributed by atoms with Gasteiger partial charge < -0.3 is 5.11 Å². The molecule has 0 saturated carbocycles. The van der Waals surface area contributed by atoms with Crippen molar-refractivity contribution in [3.8, 4) is 0 Å². The molecule has 0 amide bonds. The first-order valence-electron chi connectivity index (χ1n) is 6.04. The third-order valence-electron chi connectivity index (χ3n) is 2.97. The summed E-state index contributed by atoms with van der Waals surface area (Å²) in [4.78, 5) is 2.40. The lowest BCUT2D eigenvalue weighted by molar-refractivity contribution is 0.184. The molecule has 1 aromatic rings. The number of aliphatic hydroxyl groups is 1. The smallest absolute Gasteiger partial charge is 0.0443 e. The van der Waals surface area contributed by atoms with Crippen molar-refractivity contribution in [2.24, 2.45) is 0 Å². The number of aliphatic hydroxyl groups excluding tert-OH is 1. The number of rotatable bonds is 6. The molecule has 0 spiro atoms. The van der Waals surface area contributed by atoms with E-state index in [1.54, 1.807) is 0 Å². The molecule has 0 fully saturated rings. The molecule has 0 heterocycles. The molecule has 1 aromatic carbocycles. The SMILES string of the molecule is Cc1ccccc1CN(CCCO)C(C)C. The van der Waals surface area contributed by atoms with Crippen molar-refractivity contribution in [1.82, 2.24) is 4.90 Å². The standard InChI is InChI=1S/C14H23NO/c1-12(2)15(9-6-10-16)11-14-8-5-4-7-13(14)3/h4-5,7-8,12,16H,6,9-11H2,1-3H3. The van der Waals surface area contributed by atoms with E-state index in [0.717, 1.165) is 19.5 Å². The predicted molar refractivity (Wildman–Crippen MR) is 68.4 cm³/mol. The zero-order valence-electron chi connectivity index (χ0n) is 10.6. The van der Waals surface area contributed by atoms with Crippen molar-refractivity contribution < 1.29 is 5.11 Å². The molecule has 2 nitrogen and oxygen atoms in total. The summed E-state index contributed by atoms with van der Waals surface area (Å²) in [6.07, 6.45) is 0.851. The fraction of sp³-hybridized carbons (Fsp3) is 0.571. The number of hydrogen-bond acceptors (Lipinski definition) is 2. The van der Waals surface area contributed by atoms with Gasteiger partial charge in [0.25, 0.3) is 0 Å². The van der Waals surface area contributed by atoms with Crippen LogP contribution in [0.4, 0.5) is 0 Å². The van der Waals surface area contributed by atoms with Gasteiger partial charge in [0.2, 0.25) is 0 Å². The highest BCUT2D eigenvalue weighted by Gasteiger charge is 2.10. The van der Waals surface area contributed by atoms with Crippen LogP contribution in [0.2, 0.25) is 0 Å². The largest absolute Gasteiger partial charge is 0.396 e. The van der Waals surface area contributed by atoms with E-state index in [-0.39, 0.29) is 6.61 Å². The van der Waals surface area contributed by atoms with Gasteiger partial charge in [0.05, 0.1) is 0 Å². The first-order chi connectivity index (χ1) is 7.65. The van der Waals surface area contributed by atoms with Gasteiger partial charge in [-0.2, -0.15) is 0 Å². The molecule has 0 aliphatic carbocycles. The summed E-state index contributed by atoms with van der Waals surface area (Å²) in [5.74, 6) is 0. The number of aryl methyl sites for hydroxylation is 1. The van der Waals surface area contributed by atoms with Crippen LogP contribution in [-0.4, -0.2) is 29.2 Å². The Morgan fingerprint density at radius 3 is 2.50 bits per heavy atom. The first kappa shape index (κ1) is 13.2. The van der Waals surface area contributed by atoms with Crippen LogP contribution in [0.5, 0.6) is 0 Å². The Morgan fingerprint density at radius 1 is 1.25 bits per heavy atom. The molecule has 0 unspecified atom stereocenters. The van der Waals surface area contributed by atoms with E-state index in [1.165, 1.54) is 11.1 Å². The molecule has 0 radical (unpaired) electrons. The van der Waals surface area contributed by atoms with Crippen LogP contribution < -0.4 is 0 Å². The van der Waals surface area contributed by atoms with E-state index in [9.17, 15) is 0 Å². The van der Waals surface area contributed by atoms with E-state index in [2.05, 4.69) is 49.9 Å². The maximum Gasteiger partial charge on any atom is 0.0443 e. The van der Waals surface area contributed by atoms with Gasteiger partial charge in [0.1, 0.15) is 0 Å². The summed E-state index contributed by atoms with van der Waals surface area (Å²) in [5.41, 5.74) is 2.73. The summed E-state index contributed by atoms with van der Waals surface area (Å²) in [6.45, 7) is 8.77. The molecule has 0 aliphatic heterocycles. The van der Waals surface area contributed by atoms with Crippen LogP contribution >= 0.6 is 0 Å². The lowest BCUT2D eigenvalue weighted by Crippen LogP contribution is -2.32. The Kier molecular flexibility index (Phi) is 5.50. The lowest BCUT2D eigenvalue weighted by atomic mass is 10.1. The van der Waals surface area contributed by atoms with Crippen LogP contribution in [0.15, 0.2) is 24.3 Å². The topological polar surface area (TPSA) is 23.5 Å². The molecule has 0 aliphatic rings. The van der Waals surface area contributed by atoms with Gasteiger partial charge in [-0.15, -0.1) is 0 Å². The van der Waals surface area contributed by atoms with E-state index < -0.39 is 0 Å². The quantitative estimate of drug-likeness (QED) is 0.798. The average Bonchev–Trinajstić information content (AvgIpc) is 2.26. The molecular formula is C14H23NO. The Hall–Kier alpha value is -0.860. The first-order valence-corrected chi connectivity index (χ1v) is 6.04. The Morgan fingerprint density at radius 2 is 1.94 bits per heavy atom. The van der Waals surface area contributed by atoms with Gasteiger partial charge in [-0.1, -0.05) is 24.3 Å².